The van der Waals surface area contributed by atoms with Gasteiger partial charge in [0.05, 0.1) is 6.04 Å². The van der Waals surface area contributed by atoms with Gasteiger partial charge in [-0.05, 0) is 18.4 Å². The number of carbonyl (C=O) groups is 1. The number of ketones is 1. The first-order chi connectivity index (χ1) is 6.11. The average Bonchev–Trinajstić information content (AvgIpc) is 2.10. The van der Waals surface area contributed by atoms with Crippen LogP contribution in [0.15, 0.2) is 0 Å². The number of hydrogen-bond acceptors (Lipinski definition) is 3. The van der Waals surface area contributed by atoms with Crippen molar-refractivity contribution in [2.75, 3.05) is 12.0 Å². The highest BCUT2D eigenvalue weighted by atomic mass is 32.2. The minimum Gasteiger partial charge on any atom is -0.305 e. The van der Waals surface area contributed by atoms with E-state index in [-0.39, 0.29) is 6.04 Å². The van der Waals surface area contributed by atoms with Crippen LogP contribution in [0.2, 0.25) is 0 Å². The third-order valence-corrected chi connectivity index (χ3v) is 2.53. The normalized spacial score (nSPS) is 13.3. The maximum absolute atomic E-state index is 11.5. The van der Waals surface area contributed by atoms with E-state index in [1.54, 1.807) is 11.8 Å². The topological polar surface area (TPSA) is 29.1 Å². The van der Waals surface area contributed by atoms with Gasteiger partial charge in [-0.3, -0.25) is 4.79 Å². The Kier molecular flexibility index (Phi) is 7.38. The maximum Gasteiger partial charge on any atom is 0.149 e. The summed E-state index contributed by atoms with van der Waals surface area (Å²) in [5, 5.41) is 3.30. The Balaban J connectivity index is 3.94. The molecular weight excluding hydrogens is 182 g/mol. The van der Waals surface area contributed by atoms with Crippen LogP contribution in [0.1, 0.15) is 33.6 Å². The Labute approximate surface area is 85.9 Å². The molecule has 1 N–H and O–H groups in total. The van der Waals surface area contributed by atoms with Gasteiger partial charge in [-0.1, -0.05) is 20.8 Å². The van der Waals surface area contributed by atoms with E-state index in [2.05, 4.69) is 25.4 Å². The first kappa shape index (κ1) is 13.0. The largest absolute Gasteiger partial charge is 0.305 e. The van der Waals surface area contributed by atoms with Crippen LogP contribution in [0.3, 0.4) is 0 Å². The van der Waals surface area contributed by atoms with Gasteiger partial charge in [0.25, 0.3) is 0 Å². The molecule has 0 aromatic carbocycles. The van der Waals surface area contributed by atoms with E-state index in [4.69, 9.17) is 0 Å². The van der Waals surface area contributed by atoms with Gasteiger partial charge in [0.1, 0.15) is 5.78 Å². The number of rotatable bonds is 7. The van der Waals surface area contributed by atoms with Crippen molar-refractivity contribution < 1.29 is 4.79 Å². The monoisotopic (exact) mass is 203 g/mol. The first-order valence-electron chi connectivity index (χ1n) is 4.89. The highest BCUT2D eigenvalue weighted by Crippen LogP contribution is 2.04. The fraction of sp³-hybridized carbons (Fsp3) is 0.900. The zero-order valence-electron chi connectivity index (χ0n) is 9.09. The van der Waals surface area contributed by atoms with E-state index in [1.807, 2.05) is 6.92 Å². The summed E-state index contributed by atoms with van der Waals surface area (Å²) in [4.78, 5) is 11.5. The van der Waals surface area contributed by atoms with Crippen molar-refractivity contribution in [3.05, 3.63) is 0 Å². The van der Waals surface area contributed by atoms with Gasteiger partial charge in [-0.25, -0.2) is 0 Å². The second kappa shape index (κ2) is 7.39. The van der Waals surface area contributed by atoms with Crippen LogP contribution in [0.5, 0.6) is 0 Å². The van der Waals surface area contributed by atoms with Crippen LogP contribution in [0, 0.1) is 0 Å². The van der Waals surface area contributed by atoms with E-state index >= 15 is 0 Å². The molecule has 3 heteroatoms. The maximum atomic E-state index is 11.5. The molecule has 0 aromatic heterocycles. The quantitative estimate of drug-likeness (QED) is 0.687. The molecule has 13 heavy (non-hydrogen) atoms. The number of carbonyl (C=O) groups excluding carboxylic acids is 1. The van der Waals surface area contributed by atoms with E-state index in [0.717, 1.165) is 12.2 Å². The van der Waals surface area contributed by atoms with Crippen molar-refractivity contribution in [2.24, 2.45) is 0 Å². The third-order valence-electron chi connectivity index (χ3n) is 1.88. The summed E-state index contributed by atoms with van der Waals surface area (Å²) in [5.74, 6) is 1.39. The smallest absolute Gasteiger partial charge is 0.149 e. The zero-order valence-corrected chi connectivity index (χ0v) is 9.91. The average molecular weight is 203 g/mol. The molecule has 0 unspecified atom stereocenters. The minimum atomic E-state index is 0.0671. The summed E-state index contributed by atoms with van der Waals surface area (Å²) in [6, 6.07) is 0.458. The molecule has 0 aliphatic heterocycles. The lowest BCUT2D eigenvalue weighted by Gasteiger charge is -2.19. The Morgan fingerprint density at radius 1 is 1.46 bits per heavy atom. The van der Waals surface area contributed by atoms with Crippen molar-refractivity contribution in [1.82, 2.24) is 5.32 Å². The number of nitrogens with one attached hydrogen (secondary N) is 1. The zero-order chi connectivity index (χ0) is 10.3. The fourth-order valence-corrected chi connectivity index (χ4v) is 1.69. The molecule has 0 radical (unpaired) electrons. The van der Waals surface area contributed by atoms with Gasteiger partial charge in [0, 0.05) is 12.5 Å². The molecule has 0 saturated heterocycles. The van der Waals surface area contributed by atoms with Crippen LogP contribution in [0.25, 0.3) is 0 Å². The predicted molar refractivity (Wildman–Crippen MR) is 60.4 cm³/mol. The fourth-order valence-electron chi connectivity index (χ4n) is 1.22. The summed E-state index contributed by atoms with van der Waals surface area (Å²) >= 11 is 1.79. The molecule has 0 spiro atoms. The lowest BCUT2D eigenvalue weighted by Crippen LogP contribution is -2.41. The highest BCUT2D eigenvalue weighted by molar-refractivity contribution is 7.98. The Morgan fingerprint density at radius 2 is 2.08 bits per heavy atom. The summed E-state index contributed by atoms with van der Waals surface area (Å²) in [7, 11) is 0. The lowest BCUT2D eigenvalue weighted by molar-refractivity contribution is -0.121. The van der Waals surface area contributed by atoms with Crippen LogP contribution in [0.4, 0.5) is 0 Å². The van der Waals surface area contributed by atoms with Gasteiger partial charge < -0.3 is 5.32 Å². The van der Waals surface area contributed by atoms with Crippen LogP contribution < -0.4 is 5.32 Å². The molecule has 0 heterocycles. The number of hydrogen-bond donors (Lipinski definition) is 1. The summed E-state index contributed by atoms with van der Waals surface area (Å²) in [6.07, 6.45) is 3.66. The Morgan fingerprint density at radius 3 is 2.46 bits per heavy atom. The number of Topliss-reactive ketones (excluding diaryl/α,β-unsaturated/α-hetero) is 1. The Hall–Kier alpha value is -0.0200. The third kappa shape index (κ3) is 6.11. The van der Waals surface area contributed by atoms with Crippen molar-refractivity contribution in [1.29, 1.82) is 0 Å². The molecule has 0 fully saturated rings. The SMILES string of the molecule is CCC(=O)[C@H](CCSC)NC(C)C. The molecule has 0 saturated carbocycles. The molecule has 0 rings (SSSR count). The van der Waals surface area contributed by atoms with Gasteiger partial charge in [0.15, 0.2) is 0 Å². The molecular formula is C10H21NOS. The van der Waals surface area contributed by atoms with Crippen molar-refractivity contribution in [2.45, 2.75) is 45.7 Å². The second-order valence-corrected chi connectivity index (χ2v) is 4.46. The molecule has 0 bridgehead atoms. The van der Waals surface area contributed by atoms with E-state index in [1.165, 1.54) is 0 Å². The molecule has 2 nitrogen and oxygen atoms in total. The van der Waals surface area contributed by atoms with Crippen LogP contribution in [-0.2, 0) is 4.79 Å². The van der Waals surface area contributed by atoms with Gasteiger partial charge in [0.2, 0.25) is 0 Å². The lowest BCUT2D eigenvalue weighted by atomic mass is 10.1. The van der Waals surface area contributed by atoms with Crippen molar-refractivity contribution in [3.63, 3.8) is 0 Å². The van der Waals surface area contributed by atoms with Crippen LogP contribution in [-0.4, -0.2) is 29.9 Å². The first-order valence-corrected chi connectivity index (χ1v) is 6.28. The molecule has 1 atom stereocenters. The van der Waals surface area contributed by atoms with Gasteiger partial charge in [-0.15, -0.1) is 0 Å². The summed E-state index contributed by atoms with van der Waals surface area (Å²) in [6.45, 7) is 6.08. The minimum absolute atomic E-state index is 0.0671. The van der Waals surface area contributed by atoms with Crippen molar-refractivity contribution in [3.8, 4) is 0 Å². The number of thioether (sulfide) groups is 1. The van der Waals surface area contributed by atoms with Crippen LogP contribution >= 0.6 is 11.8 Å². The van der Waals surface area contributed by atoms with E-state index < -0.39 is 0 Å². The highest BCUT2D eigenvalue weighted by Gasteiger charge is 2.16. The molecule has 0 aliphatic carbocycles. The molecule has 78 valence electrons. The Bertz CT molecular complexity index is 148. The van der Waals surface area contributed by atoms with Gasteiger partial charge >= 0.3 is 0 Å². The predicted octanol–water partition coefficient (Wildman–Crippen LogP) is 2.09. The van der Waals surface area contributed by atoms with E-state index in [9.17, 15) is 4.79 Å². The van der Waals surface area contributed by atoms with Crippen molar-refractivity contribution >= 4 is 17.5 Å². The summed E-state index contributed by atoms with van der Waals surface area (Å²) in [5.41, 5.74) is 0. The molecule has 0 aliphatic rings. The molecule has 0 aromatic rings. The van der Waals surface area contributed by atoms with E-state index in [0.29, 0.717) is 18.2 Å². The standard InChI is InChI=1S/C10H21NOS/c1-5-10(12)9(6-7-13-4)11-8(2)3/h8-9,11H,5-7H2,1-4H3/t9-/m0/s1. The summed E-state index contributed by atoms with van der Waals surface area (Å²) < 4.78 is 0. The molecule has 0 amide bonds. The van der Waals surface area contributed by atoms with Gasteiger partial charge in [-0.2, -0.15) is 11.8 Å². The second-order valence-electron chi connectivity index (χ2n) is 3.48.